The summed E-state index contributed by atoms with van der Waals surface area (Å²) in [6, 6.07) is 6.51. The van der Waals surface area contributed by atoms with E-state index in [9.17, 15) is 4.79 Å². The van der Waals surface area contributed by atoms with E-state index >= 15 is 0 Å². The Kier molecular flexibility index (Phi) is 11.9. The third-order valence-electron chi connectivity index (χ3n) is 4.82. The predicted molar refractivity (Wildman–Crippen MR) is 126 cm³/mol. The molecule has 1 aliphatic rings. The van der Waals surface area contributed by atoms with E-state index in [2.05, 4.69) is 33.9 Å². The van der Waals surface area contributed by atoms with Crippen LogP contribution in [0.4, 0.5) is 0 Å². The molecule has 0 atom stereocenters. The minimum absolute atomic E-state index is 0. The smallest absolute Gasteiger partial charge is 0.242 e. The molecular weight excluding hydrogens is 467 g/mol. The van der Waals surface area contributed by atoms with Crippen LogP contribution in [0.2, 0.25) is 0 Å². The van der Waals surface area contributed by atoms with E-state index in [1.165, 1.54) is 24.8 Å². The van der Waals surface area contributed by atoms with Gasteiger partial charge in [-0.05, 0) is 44.7 Å². The van der Waals surface area contributed by atoms with Crippen LogP contribution in [0.3, 0.4) is 0 Å². The zero-order valence-corrected chi connectivity index (χ0v) is 19.7. The van der Waals surface area contributed by atoms with Crippen molar-refractivity contribution in [3.05, 3.63) is 29.3 Å². The fourth-order valence-corrected chi connectivity index (χ4v) is 3.43. The Balaban J connectivity index is 0.00000392. The van der Waals surface area contributed by atoms with Crippen molar-refractivity contribution >= 4 is 35.8 Å². The molecule has 1 aromatic carbocycles. The number of amides is 1. The number of guanidine groups is 1. The van der Waals surface area contributed by atoms with Crippen molar-refractivity contribution < 1.29 is 9.53 Å². The number of nitrogens with one attached hydrogen (secondary N) is 3. The number of benzene rings is 1. The second kappa shape index (κ2) is 13.6. The first-order valence-electron chi connectivity index (χ1n) is 10.1. The van der Waals surface area contributed by atoms with E-state index in [1.54, 1.807) is 7.11 Å². The maximum Gasteiger partial charge on any atom is 0.242 e. The number of carbonyl (C=O) groups excluding carboxylic acids is 1. The lowest BCUT2D eigenvalue weighted by molar-refractivity contribution is -0.120. The zero-order chi connectivity index (χ0) is 19.5. The van der Waals surface area contributed by atoms with Gasteiger partial charge in [0.05, 0.1) is 7.11 Å². The summed E-state index contributed by atoms with van der Waals surface area (Å²) >= 11 is 0. The van der Waals surface area contributed by atoms with Crippen LogP contribution in [-0.2, 0) is 11.2 Å². The van der Waals surface area contributed by atoms with Gasteiger partial charge in [-0.3, -0.25) is 4.79 Å². The molecule has 1 fully saturated rings. The van der Waals surface area contributed by atoms with Gasteiger partial charge in [-0.25, -0.2) is 4.99 Å². The maximum absolute atomic E-state index is 12.1. The van der Waals surface area contributed by atoms with E-state index in [4.69, 9.17) is 4.74 Å². The van der Waals surface area contributed by atoms with Gasteiger partial charge in [0.2, 0.25) is 5.91 Å². The first-order chi connectivity index (χ1) is 13.1. The Hall–Kier alpha value is -1.51. The number of aliphatic imine (C=N–C) groups is 1. The van der Waals surface area contributed by atoms with Crippen LogP contribution in [0.15, 0.2) is 23.2 Å². The van der Waals surface area contributed by atoms with Crippen LogP contribution in [0, 0.1) is 6.92 Å². The Bertz CT molecular complexity index is 631. The highest BCUT2D eigenvalue weighted by molar-refractivity contribution is 14.0. The second-order valence-electron chi connectivity index (χ2n) is 7.09. The van der Waals surface area contributed by atoms with Gasteiger partial charge >= 0.3 is 0 Å². The number of hydrogen-bond donors (Lipinski definition) is 3. The highest BCUT2D eigenvalue weighted by Gasteiger charge is 2.15. The van der Waals surface area contributed by atoms with Crippen LogP contribution in [-0.4, -0.2) is 44.7 Å². The third kappa shape index (κ3) is 8.67. The van der Waals surface area contributed by atoms with Gasteiger partial charge in [0, 0.05) is 19.1 Å². The first-order valence-corrected chi connectivity index (χ1v) is 10.1. The molecule has 158 valence electrons. The third-order valence-corrected chi connectivity index (χ3v) is 4.82. The predicted octanol–water partition coefficient (Wildman–Crippen LogP) is 3.17. The molecule has 0 heterocycles. The zero-order valence-electron chi connectivity index (χ0n) is 17.3. The number of nitrogens with zero attached hydrogens (tertiary/aromatic N) is 1. The summed E-state index contributed by atoms with van der Waals surface area (Å²) in [6.07, 6.45) is 6.70. The van der Waals surface area contributed by atoms with Crippen molar-refractivity contribution in [3.8, 4) is 5.75 Å². The monoisotopic (exact) mass is 502 g/mol. The quantitative estimate of drug-likeness (QED) is 0.290. The number of hydrogen-bond acceptors (Lipinski definition) is 3. The molecule has 0 spiro atoms. The Morgan fingerprint density at radius 2 is 1.96 bits per heavy atom. The van der Waals surface area contributed by atoms with E-state index in [-0.39, 0.29) is 36.4 Å². The fraction of sp³-hybridized carbons (Fsp3) is 0.619. The largest absolute Gasteiger partial charge is 0.496 e. The number of halogens is 1. The minimum Gasteiger partial charge on any atom is -0.496 e. The molecule has 28 heavy (non-hydrogen) atoms. The van der Waals surface area contributed by atoms with Gasteiger partial charge in [-0.15, -0.1) is 24.0 Å². The molecule has 6 nitrogen and oxygen atoms in total. The minimum atomic E-state index is -0.000503. The first kappa shape index (κ1) is 24.5. The van der Waals surface area contributed by atoms with Gasteiger partial charge in [0.25, 0.3) is 0 Å². The molecule has 0 bridgehead atoms. The molecular formula is C21H35IN4O2. The highest BCUT2D eigenvalue weighted by Crippen LogP contribution is 2.19. The fourth-order valence-electron chi connectivity index (χ4n) is 3.43. The summed E-state index contributed by atoms with van der Waals surface area (Å²) < 4.78 is 5.43. The molecule has 1 aliphatic carbocycles. The summed E-state index contributed by atoms with van der Waals surface area (Å²) in [5.74, 6) is 1.57. The Morgan fingerprint density at radius 3 is 2.64 bits per heavy atom. The Labute approximate surface area is 186 Å². The molecule has 3 N–H and O–H groups in total. The highest BCUT2D eigenvalue weighted by atomic mass is 127. The lowest BCUT2D eigenvalue weighted by Crippen LogP contribution is -2.41. The van der Waals surface area contributed by atoms with Crippen molar-refractivity contribution in [1.82, 2.24) is 16.0 Å². The molecule has 0 unspecified atom stereocenters. The number of carbonyl (C=O) groups is 1. The van der Waals surface area contributed by atoms with Gasteiger partial charge in [-0.1, -0.05) is 37.0 Å². The summed E-state index contributed by atoms with van der Waals surface area (Å²) in [6.45, 7) is 5.72. The maximum atomic E-state index is 12.1. The lowest BCUT2D eigenvalue weighted by Gasteiger charge is -2.22. The summed E-state index contributed by atoms with van der Waals surface area (Å²) in [5.41, 5.74) is 2.38. The average Bonchev–Trinajstić information content (AvgIpc) is 2.67. The number of rotatable bonds is 8. The van der Waals surface area contributed by atoms with Crippen LogP contribution in [0.1, 0.15) is 50.2 Å². The van der Waals surface area contributed by atoms with E-state index in [0.29, 0.717) is 12.0 Å². The number of methoxy groups -OCH3 is 1. The molecule has 1 amide bonds. The van der Waals surface area contributed by atoms with Gasteiger partial charge in [-0.2, -0.15) is 0 Å². The molecule has 7 heteroatoms. The van der Waals surface area contributed by atoms with Crippen LogP contribution >= 0.6 is 24.0 Å². The van der Waals surface area contributed by atoms with Crippen LogP contribution in [0.25, 0.3) is 0 Å². The van der Waals surface area contributed by atoms with Gasteiger partial charge < -0.3 is 20.7 Å². The van der Waals surface area contributed by atoms with Crippen LogP contribution in [0.5, 0.6) is 5.75 Å². The molecule has 0 aliphatic heterocycles. The number of ether oxygens (including phenoxy) is 1. The van der Waals surface area contributed by atoms with Crippen molar-refractivity contribution in [2.75, 3.05) is 26.7 Å². The Morgan fingerprint density at radius 1 is 1.21 bits per heavy atom. The van der Waals surface area contributed by atoms with E-state index in [1.807, 2.05) is 19.1 Å². The normalized spacial score (nSPS) is 14.8. The molecule has 0 saturated heterocycles. The van der Waals surface area contributed by atoms with Crippen molar-refractivity contribution in [3.63, 3.8) is 0 Å². The van der Waals surface area contributed by atoms with E-state index in [0.717, 1.165) is 43.7 Å². The molecule has 2 rings (SSSR count). The van der Waals surface area contributed by atoms with E-state index < -0.39 is 0 Å². The average molecular weight is 502 g/mol. The molecule has 0 radical (unpaired) electrons. The van der Waals surface area contributed by atoms with Crippen molar-refractivity contribution in [2.45, 2.75) is 58.4 Å². The summed E-state index contributed by atoms with van der Waals surface area (Å²) in [5, 5.41) is 9.60. The SMILES string of the molecule is CCNC(=NCC(=O)NC1CCCCC1)NCCc1cc(C)ccc1OC.I. The lowest BCUT2D eigenvalue weighted by atomic mass is 9.95. The van der Waals surface area contributed by atoms with Gasteiger partial charge in [0.15, 0.2) is 5.96 Å². The number of aryl methyl sites for hydroxylation is 1. The standard InChI is InChI=1S/C21H34N4O2.HI/c1-4-22-21(24-15-20(26)25-18-8-6-5-7-9-18)23-13-12-17-14-16(2)10-11-19(17)27-3;/h10-11,14,18H,4-9,12-13,15H2,1-3H3,(H,25,26)(H2,22,23,24);1H. The van der Waals surface area contributed by atoms with Crippen LogP contribution < -0.4 is 20.7 Å². The molecule has 1 aromatic rings. The van der Waals surface area contributed by atoms with Crippen molar-refractivity contribution in [2.24, 2.45) is 4.99 Å². The summed E-state index contributed by atoms with van der Waals surface area (Å²) in [4.78, 5) is 16.6. The molecule has 1 saturated carbocycles. The van der Waals surface area contributed by atoms with Crippen molar-refractivity contribution in [1.29, 1.82) is 0 Å². The molecule has 0 aromatic heterocycles. The summed E-state index contributed by atoms with van der Waals surface area (Å²) in [7, 11) is 1.69. The second-order valence-corrected chi connectivity index (χ2v) is 7.09. The topological polar surface area (TPSA) is 74.8 Å². The van der Waals surface area contributed by atoms with Gasteiger partial charge in [0.1, 0.15) is 12.3 Å².